The lowest BCUT2D eigenvalue weighted by Gasteiger charge is -2.28. The quantitative estimate of drug-likeness (QED) is 0.686. The average molecular weight is 168 g/mol. The Bertz CT molecular complexity index is 151. The summed E-state index contributed by atoms with van der Waals surface area (Å²) in [5, 5.41) is 9.21. The maximum atomic E-state index is 9.21. The van der Waals surface area contributed by atoms with Gasteiger partial charge in [-0.15, -0.1) is 0 Å². The van der Waals surface area contributed by atoms with Crippen molar-refractivity contribution in [3.8, 4) is 0 Å². The topological polar surface area (TPSA) is 20.2 Å². The summed E-state index contributed by atoms with van der Waals surface area (Å²) in [6.07, 6.45) is 6.99. The Balaban J connectivity index is 1.96. The Labute approximate surface area is 75.2 Å². The Kier molecular flexibility index (Phi) is 2.40. The zero-order chi connectivity index (χ0) is 8.55. The minimum absolute atomic E-state index is 0.421. The molecule has 2 fully saturated rings. The molecule has 1 N–H and O–H groups in total. The van der Waals surface area contributed by atoms with E-state index in [4.69, 9.17) is 0 Å². The van der Waals surface area contributed by atoms with Crippen LogP contribution in [0.3, 0.4) is 0 Å². The first kappa shape index (κ1) is 8.55. The number of hydrogen-bond donors (Lipinski definition) is 1. The highest BCUT2D eigenvalue weighted by Crippen LogP contribution is 2.51. The van der Waals surface area contributed by atoms with Gasteiger partial charge in [-0.2, -0.15) is 0 Å². The van der Waals surface area contributed by atoms with Crippen LogP contribution in [0.4, 0.5) is 0 Å². The summed E-state index contributed by atoms with van der Waals surface area (Å²) in [7, 11) is 0. The van der Waals surface area contributed by atoms with E-state index in [1.165, 1.54) is 32.1 Å². The van der Waals surface area contributed by atoms with Crippen LogP contribution in [0.5, 0.6) is 0 Å². The van der Waals surface area contributed by atoms with E-state index in [0.29, 0.717) is 12.5 Å². The van der Waals surface area contributed by atoms with Crippen molar-refractivity contribution < 1.29 is 5.11 Å². The summed E-state index contributed by atoms with van der Waals surface area (Å²) in [5.41, 5.74) is 0. The molecule has 0 aromatic heterocycles. The smallest absolute Gasteiger partial charge is 0.0461 e. The molecule has 2 saturated carbocycles. The third-order valence-electron chi connectivity index (χ3n) is 4.16. The molecule has 70 valence electrons. The molecule has 2 aliphatic rings. The summed E-state index contributed by atoms with van der Waals surface area (Å²) < 4.78 is 0. The van der Waals surface area contributed by atoms with E-state index in [9.17, 15) is 5.11 Å². The molecule has 0 aliphatic heterocycles. The second-order valence-electron chi connectivity index (χ2n) is 4.69. The average Bonchev–Trinajstić information content (AvgIpc) is 2.67. The predicted octanol–water partition coefficient (Wildman–Crippen LogP) is 2.44. The van der Waals surface area contributed by atoms with Gasteiger partial charge in [-0.25, -0.2) is 0 Å². The molecule has 0 radical (unpaired) electrons. The van der Waals surface area contributed by atoms with E-state index in [1.807, 2.05) is 0 Å². The molecule has 4 atom stereocenters. The van der Waals surface area contributed by atoms with Crippen LogP contribution in [-0.2, 0) is 0 Å². The fourth-order valence-corrected chi connectivity index (χ4v) is 3.44. The van der Waals surface area contributed by atoms with Crippen LogP contribution in [0.2, 0.25) is 0 Å². The fourth-order valence-electron chi connectivity index (χ4n) is 3.44. The highest BCUT2D eigenvalue weighted by Gasteiger charge is 2.42. The molecular weight excluding hydrogens is 148 g/mol. The zero-order valence-electron chi connectivity index (χ0n) is 8.00. The van der Waals surface area contributed by atoms with Gasteiger partial charge < -0.3 is 5.11 Å². The van der Waals surface area contributed by atoms with Gasteiger partial charge in [0.05, 0.1) is 0 Å². The van der Waals surface area contributed by atoms with Gasteiger partial charge in [0.25, 0.3) is 0 Å². The lowest BCUT2D eigenvalue weighted by atomic mass is 9.78. The molecule has 2 rings (SSSR count). The molecule has 2 aliphatic carbocycles. The molecular formula is C11H20O. The molecule has 0 aromatic carbocycles. The van der Waals surface area contributed by atoms with Crippen LogP contribution in [-0.4, -0.2) is 11.7 Å². The number of fused-ring (bicyclic) bond motifs is 2. The molecule has 0 heterocycles. The molecule has 1 heteroatoms. The maximum absolute atomic E-state index is 9.21. The van der Waals surface area contributed by atoms with E-state index in [0.717, 1.165) is 17.8 Å². The summed E-state index contributed by atoms with van der Waals surface area (Å²) in [4.78, 5) is 0. The van der Waals surface area contributed by atoms with E-state index in [-0.39, 0.29) is 0 Å². The van der Waals surface area contributed by atoms with Crippen molar-refractivity contribution in [2.24, 2.45) is 23.7 Å². The third kappa shape index (κ3) is 1.28. The minimum atomic E-state index is 0.421. The van der Waals surface area contributed by atoms with Crippen LogP contribution < -0.4 is 0 Å². The van der Waals surface area contributed by atoms with E-state index < -0.39 is 0 Å². The molecule has 0 saturated heterocycles. The molecule has 12 heavy (non-hydrogen) atoms. The standard InChI is InChI=1S/C11H20O/c1-2-9(7-12)11-6-8-3-4-10(11)5-8/h8-12H,2-7H2,1H3. The summed E-state index contributed by atoms with van der Waals surface area (Å²) in [6.45, 7) is 2.64. The Hall–Kier alpha value is -0.0400. The Morgan fingerprint density at radius 1 is 1.33 bits per heavy atom. The number of hydrogen-bond acceptors (Lipinski definition) is 1. The second kappa shape index (κ2) is 3.37. The van der Waals surface area contributed by atoms with Gasteiger partial charge in [-0.1, -0.05) is 19.8 Å². The molecule has 0 amide bonds. The fraction of sp³-hybridized carbons (Fsp3) is 1.00. The molecule has 4 unspecified atom stereocenters. The normalized spacial score (nSPS) is 42.0. The van der Waals surface area contributed by atoms with E-state index in [1.54, 1.807) is 0 Å². The van der Waals surface area contributed by atoms with Crippen LogP contribution in [0, 0.1) is 23.7 Å². The first-order chi connectivity index (χ1) is 5.85. The SMILES string of the molecule is CCC(CO)C1CC2CCC1C2. The number of aliphatic hydroxyl groups is 1. The first-order valence-electron chi connectivity index (χ1n) is 5.46. The van der Waals surface area contributed by atoms with Crippen molar-refractivity contribution in [3.05, 3.63) is 0 Å². The Morgan fingerprint density at radius 2 is 2.17 bits per heavy atom. The molecule has 0 aromatic rings. The van der Waals surface area contributed by atoms with Crippen LogP contribution >= 0.6 is 0 Å². The molecule has 1 nitrogen and oxygen atoms in total. The lowest BCUT2D eigenvalue weighted by molar-refractivity contribution is 0.133. The highest BCUT2D eigenvalue weighted by molar-refractivity contribution is 4.92. The molecule has 2 bridgehead atoms. The van der Waals surface area contributed by atoms with Gasteiger partial charge in [0, 0.05) is 6.61 Å². The van der Waals surface area contributed by atoms with Crippen LogP contribution in [0.25, 0.3) is 0 Å². The highest BCUT2D eigenvalue weighted by atomic mass is 16.3. The van der Waals surface area contributed by atoms with Gasteiger partial charge in [-0.05, 0) is 42.9 Å². The van der Waals surface area contributed by atoms with Crippen molar-refractivity contribution >= 4 is 0 Å². The summed E-state index contributed by atoms with van der Waals surface area (Å²) in [6, 6.07) is 0. The van der Waals surface area contributed by atoms with Crippen molar-refractivity contribution in [2.75, 3.05) is 6.61 Å². The van der Waals surface area contributed by atoms with Gasteiger partial charge in [-0.3, -0.25) is 0 Å². The third-order valence-corrected chi connectivity index (χ3v) is 4.16. The summed E-state index contributed by atoms with van der Waals surface area (Å²) >= 11 is 0. The largest absolute Gasteiger partial charge is 0.396 e. The van der Waals surface area contributed by atoms with Gasteiger partial charge in [0.1, 0.15) is 0 Å². The van der Waals surface area contributed by atoms with Crippen molar-refractivity contribution in [1.82, 2.24) is 0 Å². The van der Waals surface area contributed by atoms with Crippen molar-refractivity contribution in [1.29, 1.82) is 0 Å². The monoisotopic (exact) mass is 168 g/mol. The first-order valence-corrected chi connectivity index (χ1v) is 5.46. The summed E-state index contributed by atoms with van der Waals surface area (Å²) in [5.74, 6) is 3.49. The van der Waals surface area contributed by atoms with E-state index in [2.05, 4.69) is 6.92 Å². The second-order valence-corrected chi connectivity index (χ2v) is 4.69. The predicted molar refractivity (Wildman–Crippen MR) is 49.8 cm³/mol. The zero-order valence-corrected chi connectivity index (χ0v) is 8.00. The van der Waals surface area contributed by atoms with Gasteiger partial charge in [0.2, 0.25) is 0 Å². The van der Waals surface area contributed by atoms with Gasteiger partial charge >= 0.3 is 0 Å². The van der Waals surface area contributed by atoms with Crippen LogP contribution in [0.1, 0.15) is 39.0 Å². The van der Waals surface area contributed by atoms with Gasteiger partial charge in [0.15, 0.2) is 0 Å². The number of aliphatic hydroxyl groups excluding tert-OH is 1. The van der Waals surface area contributed by atoms with Crippen molar-refractivity contribution in [2.45, 2.75) is 39.0 Å². The lowest BCUT2D eigenvalue weighted by Crippen LogP contribution is -2.23. The van der Waals surface area contributed by atoms with E-state index >= 15 is 0 Å². The Morgan fingerprint density at radius 3 is 2.58 bits per heavy atom. The number of rotatable bonds is 3. The maximum Gasteiger partial charge on any atom is 0.0461 e. The molecule has 0 spiro atoms. The minimum Gasteiger partial charge on any atom is -0.396 e. The van der Waals surface area contributed by atoms with Crippen molar-refractivity contribution in [3.63, 3.8) is 0 Å². The van der Waals surface area contributed by atoms with Crippen LogP contribution in [0.15, 0.2) is 0 Å².